The Morgan fingerprint density at radius 2 is 1.66 bits per heavy atom. The first-order valence-corrected chi connectivity index (χ1v) is 10.8. The lowest BCUT2D eigenvalue weighted by Crippen LogP contribution is -2.46. The summed E-state index contributed by atoms with van der Waals surface area (Å²) in [5.74, 6) is 0.532. The topological polar surface area (TPSA) is 82.7 Å². The third-order valence-electron chi connectivity index (χ3n) is 5.96. The number of rotatable bonds is 7. The van der Waals surface area contributed by atoms with Crippen molar-refractivity contribution in [3.63, 3.8) is 0 Å². The highest BCUT2D eigenvalue weighted by molar-refractivity contribution is 5.95. The van der Waals surface area contributed by atoms with Crippen molar-refractivity contribution in [1.29, 1.82) is 0 Å². The monoisotopic (exact) mass is 402 g/mol. The standard InChI is InChI=1S/C22H34N4O3/c1-26(2)19(16-7-4-3-5-8-16)15-23-22(28)25-18-12-10-17(11-13-18)24-21(27)20-9-6-14-29-20/h10-13,16,19-20H,3-9,14-15H2,1-2H3,(H,24,27)(H2,23,25,28)/t19-,20+/m0/s1. The van der Waals surface area contributed by atoms with Crippen molar-refractivity contribution in [2.75, 3.05) is 37.9 Å². The largest absolute Gasteiger partial charge is 0.368 e. The van der Waals surface area contributed by atoms with Gasteiger partial charge in [0.15, 0.2) is 0 Å². The highest BCUT2D eigenvalue weighted by atomic mass is 16.5. The molecule has 7 nitrogen and oxygen atoms in total. The van der Waals surface area contributed by atoms with E-state index in [9.17, 15) is 9.59 Å². The molecule has 29 heavy (non-hydrogen) atoms. The second kappa shape index (κ2) is 10.6. The lowest BCUT2D eigenvalue weighted by molar-refractivity contribution is -0.124. The fourth-order valence-electron chi connectivity index (χ4n) is 4.31. The molecule has 7 heteroatoms. The third kappa shape index (κ3) is 6.44. The van der Waals surface area contributed by atoms with E-state index in [0.717, 1.165) is 12.8 Å². The van der Waals surface area contributed by atoms with Gasteiger partial charge in [-0.25, -0.2) is 4.79 Å². The number of nitrogens with zero attached hydrogens (tertiary/aromatic N) is 1. The van der Waals surface area contributed by atoms with Gasteiger partial charge >= 0.3 is 6.03 Å². The number of anilines is 2. The summed E-state index contributed by atoms with van der Waals surface area (Å²) in [5.41, 5.74) is 1.39. The van der Waals surface area contributed by atoms with Gasteiger partial charge in [0.05, 0.1) is 0 Å². The first-order valence-electron chi connectivity index (χ1n) is 10.8. The first kappa shape index (κ1) is 21.6. The van der Waals surface area contributed by atoms with Crippen LogP contribution in [0, 0.1) is 5.92 Å². The number of urea groups is 1. The Hall–Kier alpha value is -2.12. The van der Waals surface area contributed by atoms with Crippen LogP contribution in [0.5, 0.6) is 0 Å². The molecule has 1 aliphatic carbocycles. The molecule has 1 saturated carbocycles. The van der Waals surface area contributed by atoms with E-state index >= 15 is 0 Å². The van der Waals surface area contributed by atoms with Gasteiger partial charge in [-0.3, -0.25) is 4.79 Å². The molecule has 0 unspecified atom stereocenters. The minimum absolute atomic E-state index is 0.113. The van der Waals surface area contributed by atoms with Gasteiger partial charge in [-0.1, -0.05) is 19.3 Å². The molecular weight excluding hydrogens is 368 g/mol. The summed E-state index contributed by atoms with van der Waals surface area (Å²) in [7, 11) is 4.17. The first-order chi connectivity index (χ1) is 14.0. The van der Waals surface area contributed by atoms with Gasteiger partial charge in [0.2, 0.25) is 0 Å². The quantitative estimate of drug-likeness (QED) is 0.652. The normalized spacial score (nSPS) is 21.0. The smallest absolute Gasteiger partial charge is 0.319 e. The highest BCUT2D eigenvalue weighted by Gasteiger charge is 2.26. The van der Waals surface area contributed by atoms with Crippen molar-refractivity contribution in [2.24, 2.45) is 5.92 Å². The van der Waals surface area contributed by atoms with Crippen LogP contribution < -0.4 is 16.0 Å². The van der Waals surface area contributed by atoms with Crippen molar-refractivity contribution in [3.05, 3.63) is 24.3 Å². The molecule has 0 bridgehead atoms. The van der Waals surface area contributed by atoms with Crippen LogP contribution in [0.15, 0.2) is 24.3 Å². The van der Waals surface area contributed by atoms with E-state index in [1.807, 2.05) is 0 Å². The Balaban J connectivity index is 1.45. The average molecular weight is 403 g/mol. The summed E-state index contributed by atoms with van der Waals surface area (Å²) in [4.78, 5) is 26.6. The van der Waals surface area contributed by atoms with Crippen LogP contribution in [0.1, 0.15) is 44.9 Å². The minimum atomic E-state index is -0.354. The van der Waals surface area contributed by atoms with Gasteiger partial charge in [0, 0.05) is 30.6 Å². The molecule has 2 fully saturated rings. The number of benzene rings is 1. The maximum Gasteiger partial charge on any atom is 0.319 e. The fraction of sp³-hybridized carbons (Fsp3) is 0.636. The van der Waals surface area contributed by atoms with Crippen molar-refractivity contribution >= 4 is 23.3 Å². The molecule has 0 aromatic heterocycles. The Morgan fingerprint density at radius 1 is 1.00 bits per heavy atom. The number of hydrogen-bond acceptors (Lipinski definition) is 4. The van der Waals surface area contributed by atoms with Gasteiger partial charge in [-0.2, -0.15) is 0 Å². The zero-order valence-corrected chi connectivity index (χ0v) is 17.6. The van der Waals surface area contributed by atoms with E-state index in [1.54, 1.807) is 24.3 Å². The number of nitrogens with one attached hydrogen (secondary N) is 3. The lowest BCUT2D eigenvalue weighted by Gasteiger charge is -2.34. The Morgan fingerprint density at radius 3 is 2.24 bits per heavy atom. The third-order valence-corrected chi connectivity index (χ3v) is 5.96. The van der Waals surface area contributed by atoms with Crippen molar-refractivity contribution in [2.45, 2.75) is 57.1 Å². The van der Waals surface area contributed by atoms with E-state index in [2.05, 4.69) is 34.9 Å². The van der Waals surface area contributed by atoms with E-state index in [4.69, 9.17) is 4.74 Å². The summed E-state index contributed by atoms with van der Waals surface area (Å²) >= 11 is 0. The van der Waals surface area contributed by atoms with Gasteiger partial charge in [-0.05, 0) is 70.0 Å². The zero-order chi connectivity index (χ0) is 20.6. The number of amides is 3. The van der Waals surface area contributed by atoms with Crippen LogP contribution >= 0.6 is 0 Å². The van der Waals surface area contributed by atoms with Crippen LogP contribution in [0.25, 0.3) is 0 Å². The molecular formula is C22H34N4O3. The van der Waals surface area contributed by atoms with Gasteiger partial charge < -0.3 is 25.6 Å². The molecule has 3 amide bonds. The maximum absolute atomic E-state index is 12.3. The molecule has 2 atom stereocenters. The van der Waals surface area contributed by atoms with E-state index < -0.39 is 0 Å². The van der Waals surface area contributed by atoms with Crippen LogP contribution in [-0.2, 0) is 9.53 Å². The van der Waals surface area contributed by atoms with Gasteiger partial charge in [-0.15, -0.1) is 0 Å². The number of hydrogen-bond donors (Lipinski definition) is 3. The van der Waals surface area contributed by atoms with E-state index in [-0.39, 0.29) is 18.0 Å². The Kier molecular flexibility index (Phi) is 7.89. The van der Waals surface area contributed by atoms with Crippen LogP contribution in [0.3, 0.4) is 0 Å². The van der Waals surface area contributed by atoms with Gasteiger partial charge in [0.1, 0.15) is 6.10 Å². The molecule has 160 valence electrons. The van der Waals surface area contributed by atoms with E-state index in [0.29, 0.717) is 36.5 Å². The minimum Gasteiger partial charge on any atom is -0.368 e. The highest BCUT2D eigenvalue weighted by Crippen LogP contribution is 2.28. The summed E-state index contributed by atoms with van der Waals surface area (Å²) < 4.78 is 5.39. The molecule has 1 aromatic carbocycles. The van der Waals surface area contributed by atoms with Crippen molar-refractivity contribution in [3.8, 4) is 0 Å². The molecule has 1 heterocycles. The Bertz CT molecular complexity index is 665. The van der Waals surface area contributed by atoms with E-state index in [1.165, 1.54) is 32.1 Å². The second-order valence-electron chi connectivity index (χ2n) is 8.33. The van der Waals surface area contributed by atoms with Crippen LogP contribution in [0.2, 0.25) is 0 Å². The Labute approximate surface area is 173 Å². The van der Waals surface area contributed by atoms with Crippen molar-refractivity contribution in [1.82, 2.24) is 10.2 Å². The predicted molar refractivity (Wildman–Crippen MR) is 115 cm³/mol. The molecule has 3 N–H and O–H groups in total. The summed E-state index contributed by atoms with van der Waals surface area (Å²) in [6, 6.07) is 7.30. The number of carbonyl (C=O) groups excluding carboxylic acids is 2. The fourth-order valence-corrected chi connectivity index (χ4v) is 4.31. The molecule has 1 aliphatic heterocycles. The molecule has 1 aromatic rings. The average Bonchev–Trinajstić information content (AvgIpc) is 3.25. The molecule has 2 aliphatic rings. The summed E-state index contributed by atoms with van der Waals surface area (Å²) in [6.45, 7) is 1.28. The number of ether oxygens (including phenoxy) is 1. The van der Waals surface area contributed by atoms with Crippen LogP contribution in [0.4, 0.5) is 16.2 Å². The van der Waals surface area contributed by atoms with Gasteiger partial charge in [0.25, 0.3) is 5.91 Å². The zero-order valence-electron chi connectivity index (χ0n) is 17.6. The molecule has 0 spiro atoms. The number of carbonyl (C=O) groups is 2. The van der Waals surface area contributed by atoms with Crippen LogP contribution in [-0.4, -0.2) is 56.2 Å². The second-order valence-corrected chi connectivity index (χ2v) is 8.33. The molecule has 1 saturated heterocycles. The molecule has 0 radical (unpaired) electrons. The summed E-state index contributed by atoms with van der Waals surface area (Å²) in [5, 5.41) is 8.74. The summed E-state index contributed by atoms with van der Waals surface area (Å²) in [6.07, 6.45) is 7.72. The predicted octanol–water partition coefficient (Wildman–Crippen LogP) is 3.44. The SMILES string of the molecule is CN(C)[C@@H](CNC(=O)Nc1ccc(NC(=O)[C@H]2CCCO2)cc1)C1CCCCC1. The van der Waals surface area contributed by atoms with Crippen molar-refractivity contribution < 1.29 is 14.3 Å². The number of likely N-dealkylation sites (N-methyl/N-ethyl adjacent to an activating group) is 1. The lowest BCUT2D eigenvalue weighted by atomic mass is 9.83. The maximum atomic E-state index is 12.3. The molecule has 3 rings (SSSR count).